The lowest BCUT2D eigenvalue weighted by molar-refractivity contribution is 1.37. The van der Waals surface area contributed by atoms with Gasteiger partial charge in [0.15, 0.2) is 0 Å². The van der Waals surface area contributed by atoms with Gasteiger partial charge in [0.25, 0.3) is 0 Å². The second kappa shape index (κ2) is 10.6. The van der Waals surface area contributed by atoms with Crippen LogP contribution >= 0.6 is 0 Å². The van der Waals surface area contributed by atoms with Gasteiger partial charge in [-0.05, 0) is 21.1 Å². The van der Waals surface area contributed by atoms with Gasteiger partial charge in [0.05, 0.1) is 27.5 Å². The number of hydrogen-bond acceptors (Lipinski definition) is 2. The Morgan fingerprint density at radius 3 is 1.24 bits per heavy atom. The van der Waals surface area contributed by atoms with E-state index < -0.39 is 16.1 Å². The summed E-state index contributed by atoms with van der Waals surface area (Å²) in [5.74, 6) is 0. The van der Waals surface area contributed by atoms with Gasteiger partial charge < -0.3 is 0 Å². The Labute approximate surface area is 248 Å². The third-order valence-electron chi connectivity index (χ3n) is 7.77. The van der Waals surface area contributed by atoms with Crippen molar-refractivity contribution in [3.05, 3.63) is 109 Å². The van der Waals surface area contributed by atoms with Crippen molar-refractivity contribution < 1.29 is 0 Å². The molecular weight excluding hydrogens is 545 g/mol. The van der Waals surface area contributed by atoms with Crippen LogP contribution < -0.4 is 20.7 Å². The van der Waals surface area contributed by atoms with Crippen molar-refractivity contribution in [1.29, 1.82) is 0 Å². The zero-order chi connectivity index (χ0) is 28.8. The highest BCUT2D eigenvalue weighted by atomic mass is 28.3. The molecule has 6 aromatic rings. The summed E-state index contributed by atoms with van der Waals surface area (Å²) in [4.78, 5) is 10.1. The molecule has 6 rings (SSSR count). The van der Waals surface area contributed by atoms with E-state index in [-0.39, 0.29) is 0 Å². The lowest BCUT2D eigenvalue weighted by Crippen LogP contribution is -2.38. The van der Waals surface area contributed by atoms with Gasteiger partial charge in [-0.3, -0.25) is 9.97 Å². The molecule has 0 atom stereocenters. The lowest BCUT2D eigenvalue weighted by Gasteiger charge is -2.20. The SMILES string of the molecule is C[Si](C)(C)c1cnc(-c2cccc([Si]c3cccc(-c4ncc([Si](C)(C)C)c5ccccc45)c3)c2)c2ccccc12. The minimum atomic E-state index is -1.51. The van der Waals surface area contributed by atoms with Gasteiger partial charge in [0.2, 0.25) is 0 Å². The first-order valence-electron chi connectivity index (χ1n) is 14.3. The molecule has 0 N–H and O–H groups in total. The molecule has 2 nitrogen and oxygen atoms in total. The summed E-state index contributed by atoms with van der Waals surface area (Å²) in [6.45, 7) is 14.4. The summed E-state index contributed by atoms with van der Waals surface area (Å²) in [5.41, 5.74) is 4.50. The van der Waals surface area contributed by atoms with E-state index in [9.17, 15) is 0 Å². The monoisotopic (exact) mass is 580 g/mol. The maximum Gasteiger partial charge on any atom is 0.121 e. The fourth-order valence-electron chi connectivity index (χ4n) is 5.70. The Morgan fingerprint density at radius 2 is 0.854 bits per heavy atom. The fraction of sp³-hybridized carbons (Fsp3) is 0.167. The highest BCUT2D eigenvalue weighted by molar-refractivity contribution is 6.90. The minimum Gasteiger partial charge on any atom is -0.256 e. The summed E-state index contributed by atoms with van der Waals surface area (Å²) in [6, 6.07) is 35.4. The summed E-state index contributed by atoms with van der Waals surface area (Å²) in [5, 5.41) is 10.6. The van der Waals surface area contributed by atoms with E-state index in [4.69, 9.17) is 9.97 Å². The molecule has 5 heteroatoms. The first-order valence-corrected chi connectivity index (χ1v) is 22.3. The lowest BCUT2D eigenvalue weighted by atomic mass is 10.0. The third kappa shape index (κ3) is 5.49. The molecule has 0 aliphatic rings. The van der Waals surface area contributed by atoms with Gasteiger partial charge in [-0.25, -0.2) is 0 Å². The minimum absolute atomic E-state index is 0.549. The molecule has 0 aliphatic carbocycles. The molecule has 202 valence electrons. The van der Waals surface area contributed by atoms with Crippen LogP contribution in [0.15, 0.2) is 109 Å². The van der Waals surface area contributed by atoms with Crippen LogP contribution in [-0.2, 0) is 0 Å². The molecular formula is C36H36N2Si3. The zero-order valence-corrected chi connectivity index (χ0v) is 27.8. The highest BCUT2D eigenvalue weighted by Gasteiger charge is 2.22. The van der Waals surface area contributed by atoms with Gasteiger partial charge in [-0.15, -0.1) is 0 Å². The smallest absolute Gasteiger partial charge is 0.121 e. The Hall–Kier alpha value is -3.65. The van der Waals surface area contributed by atoms with E-state index in [0.29, 0.717) is 9.52 Å². The molecule has 41 heavy (non-hydrogen) atoms. The van der Waals surface area contributed by atoms with Gasteiger partial charge >= 0.3 is 0 Å². The number of aromatic nitrogens is 2. The Morgan fingerprint density at radius 1 is 0.463 bits per heavy atom. The van der Waals surface area contributed by atoms with Crippen LogP contribution in [0.1, 0.15) is 0 Å². The maximum atomic E-state index is 5.03. The molecule has 0 fully saturated rings. The van der Waals surface area contributed by atoms with E-state index in [0.717, 1.165) is 11.4 Å². The average molecular weight is 581 g/mol. The molecule has 0 saturated heterocycles. The van der Waals surface area contributed by atoms with Crippen LogP contribution in [0.2, 0.25) is 39.3 Å². The molecule has 0 amide bonds. The molecule has 4 aromatic carbocycles. The van der Waals surface area contributed by atoms with Crippen LogP contribution in [0, 0.1) is 0 Å². The van der Waals surface area contributed by atoms with Crippen molar-refractivity contribution in [1.82, 2.24) is 9.97 Å². The van der Waals surface area contributed by atoms with Crippen molar-refractivity contribution in [2.75, 3.05) is 0 Å². The Bertz CT molecular complexity index is 1760. The van der Waals surface area contributed by atoms with E-state index in [2.05, 4.69) is 149 Å². The Kier molecular flexibility index (Phi) is 7.14. The van der Waals surface area contributed by atoms with Gasteiger partial charge in [-0.1, -0.05) is 147 Å². The zero-order valence-electron chi connectivity index (χ0n) is 24.8. The highest BCUT2D eigenvalue weighted by Crippen LogP contribution is 2.28. The third-order valence-corrected chi connectivity index (χ3v) is 13.0. The predicted molar refractivity (Wildman–Crippen MR) is 185 cm³/mol. The van der Waals surface area contributed by atoms with Crippen molar-refractivity contribution in [2.45, 2.75) is 39.3 Å². The van der Waals surface area contributed by atoms with Gasteiger partial charge in [0.1, 0.15) is 9.52 Å². The Balaban J connectivity index is 1.36. The van der Waals surface area contributed by atoms with E-state index in [1.54, 1.807) is 0 Å². The van der Waals surface area contributed by atoms with E-state index >= 15 is 0 Å². The summed E-state index contributed by atoms with van der Waals surface area (Å²) in [7, 11) is -2.47. The largest absolute Gasteiger partial charge is 0.256 e. The maximum absolute atomic E-state index is 5.03. The van der Waals surface area contributed by atoms with Crippen molar-refractivity contribution in [3.8, 4) is 22.5 Å². The molecule has 0 bridgehead atoms. The molecule has 2 aromatic heterocycles. The second-order valence-corrected chi connectivity index (χ2v) is 24.4. The van der Waals surface area contributed by atoms with Crippen LogP contribution in [0.5, 0.6) is 0 Å². The van der Waals surface area contributed by atoms with Gasteiger partial charge in [0, 0.05) is 34.3 Å². The molecule has 0 unspecified atom stereocenters. The standard InChI is InChI=1S/C36H36N2Si3/c1-40(2,3)33-23-37-35(31-19-9-7-17-29(31)33)25-13-11-15-27(21-25)39-28-16-12-14-26(22-28)36-32-20-10-8-18-30(32)34(24-38-36)41(4,5)6/h7-24H,1-6H3. The predicted octanol–water partition coefficient (Wildman–Crippen LogP) is 6.86. The molecule has 2 radical (unpaired) electrons. The van der Waals surface area contributed by atoms with Crippen LogP contribution in [0.3, 0.4) is 0 Å². The average Bonchev–Trinajstić information content (AvgIpc) is 2.95. The molecule has 0 aliphatic heterocycles. The quantitative estimate of drug-likeness (QED) is 0.201. The summed E-state index contributed by atoms with van der Waals surface area (Å²) < 4.78 is 0. The van der Waals surface area contributed by atoms with E-state index in [1.807, 2.05) is 0 Å². The fourth-order valence-corrected chi connectivity index (χ4v) is 9.80. The van der Waals surface area contributed by atoms with Crippen molar-refractivity contribution in [3.63, 3.8) is 0 Å². The number of benzene rings is 4. The van der Waals surface area contributed by atoms with Crippen molar-refractivity contribution in [2.24, 2.45) is 0 Å². The van der Waals surface area contributed by atoms with Crippen LogP contribution in [-0.4, -0.2) is 35.6 Å². The first-order chi connectivity index (χ1) is 19.6. The van der Waals surface area contributed by atoms with Crippen molar-refractivity contribution >= 4 is 68.0 Å². The number of fused-ring (bicyclic) bond motifs is 2. The number of hydrogen-bond donors (Lipinski definition) is 0. The van der Waals surface area contributed by atoms with Gasteiger partial charge in [-0.2, -0.15) is 0 Å². The van der Waals surface area contributed by atoms with E-state index in [1.165, 1.54) is 53.4 Å². The normalized spacial score (nSPS) is 12.2. The number of rotatable bonds is 6. The number of pyridine rings is 2. The van der Waals surface area contributed by atoms with Crippen LogP contribution in [0.25, 0.3) is 44.1 Å². The number of nitrogens with zero attached hydrogens (tertiary/aromatic N) is 2. The summed E-state index contributed by atoms with van der Waals surface area (Å²) in [6.07, 6.45) is 4.26. The topological polar surface area (TPSA) is 25.8 Å². The molecule has 0 saturated carbocycles. The summed E-state index contributed by atoms with van der Waals surface area (Å²) >= 11 is 0. The van der Waals surface area contributed by atoms with Crippen LogP contribution in [0.4, 0.5) is 0 Å². The molecule has 0 spiro atoms. The first kappa shape index (κ1) is 27.5. The molecule has 2 heterocycles. The second-order valence-electron chi connectivity index (χ2n) is 12.9.